The second-order valence-corrected chi connectivity index (χ2v) is 4.26. The van der Waals surface area contributed by atoms with Crippen LogP contribution in [0.2, 0.25) is 0 Å². The van der Waals surface area contributed by atoms with Crippen molar-refractivity contribution in [1.29, 1.82) is 0 Å². The number of pyridine rings is 1. The number of hydroxylamine groups is 1. The van der Waals surface area contributed by atoms with Gasteiger partial charge < -0.3 is 4.74 Å². The van der Waals surface area contributed by atoms with Crippen molar-refractivity contribution in [3.05, 3.63) is 30.1 Å². The van der Waals surface area contributed by atoms with Gasteiger partial charge in [0.05, 0.1) is 0 Å². The van der Waals surface area contributed by atoms with Crippen LogP contribution in [-0.4, -0.2) is 23.8 Å². The first kappa shape index (κ1) is 13.0. The van der Waals surface area contributed by atoms with Crippen molar-refractivity contribution in [3.8, 4) is 0 Å². The molecule has 1 amide bonds. The van der Waals surface area contributed by atoms with Crippen molar-refractivity contribution in [2.75, 3.05) is 6.61 Å². The van der Waals surface area contributed by atoms with Crippen molar-refractivity contribution in [1.82, 2.24) is 10.5 Å². The Bertz CT molecular complexity index is 364. The maximum absolute atomic E-state index is 11.5. The largest absolute Gasteiger partial charge is 0.350 e. The molecule has 0 spiro atoms. The Morgan fingerprint density at radius 2 is 2.44 bits per heavy atom. The van der Waals surface area contributed by atoms with E-state index in [0.717, 1.165) is 25.0 Å². The third kappa shape index (κ3) is 4.43. The first-order valence-corrected chi connectivity index (χ1v) is 6.30. The Labute approximate surface area is 106 Å². The number of amides is 1. The number of hydrogen-bond donors (Lipinski definition) is 1. The molecular weight excluding hydrogens is 232 g/mol. The topological polar surface area (TPSA) is 60.5 Å². The molecule has 18 heavy (non-hydrogen) atoms. The first-order valence-electron chi connectivity index (χ1n) is 6.30. The summed E-state index contributed by atoms with van der Waals surface area (Å²) in [4.78, 5) is 20.9. The summed E-state index contributed by atoms with van der Waals surface area (Å²) in [5.41, 5.74) is 3.34. The van der Waals surface area contributed by atoms with E-state index in [4.69, 9.17) is 9.57 Å². The molecule has 0 aliphatic carbocycles. The number of nitrogens with one attached hydrogen (secondary N) is 1. The van der Waals surface area contributed by atoms with Gasteiger partial charge in [0, 0.05) is 31.3 Å². The molecule has 1 aliphatic heterocycles. The fourth-order valence-electron chi connectivity index (χ4n) is 1.77. The van der Waals surface area contributed by atoms with Crippen LogP contribution < -0.4 is 5.48 Å². The molecular formula is C13H18N2O3. The van der Waals surface area contributed by atoms with Crippen molar-refractivity contribution in [2.24, 2.45) is 0 Å². The lowest BCUT2D eigenvalue weighted by Crippen LogP contribution is -2.33. The SMILES string of the molecule is O=C(CCc1ccccn1)NOC1CCCCO1. The van der Waals surface area contributed by atoms with Crippen molar-refractivity contribution in [3.63, 3.8) is 0 Å². The fraction of sp³-hybridized carbons (Fsp3) is 0.538. The molecule has 1 aliphatic rings. The van der Waals surface area contributed by atoms with Crippen molar-refractivity contribution >= 4 is 5.91 Å². The number of aryl methyl sites for hydroxylation is 1. The Morgan fingerprint density at radius 1 is 1.50 bits per heavy atom. The lowest BCUT2D eigenvalue weighted by Gasteiger charge is -2.22. The Balaban J connectivity index is 1.63. The van der Waals surface area contributed by atoms with E-state index < -0.39 is 0 Å². The Kier molecular flexibility index (Phi) is 5.11. The molecule has 1 unspecified atom stereocenters. The van der Waals surface area contributed by atoms with Crippen LogP contribution in [-0.2, 0) is 20.8 Å². The number of rotatable bonds is 5. The molecule has 5 nitrogen and oxygen atoms in total. The smallest absolute Gasteiger partial charge is 0.244 e. The molecule has 1 saturated heterocycles. The minimum absolute atomic E-state index is 0.144. The van der Waals surface area contributed by atoms with Crippen LogP contribution in [0, 0.1) is 0 Å². The zero-order chi connectivity index (χ0) is 12.6. The molecule has 0 aromatic carbocycles. The number of hydrogen-bond acceptors (Lipinski definition) is 4. The van der Waals surface area contributed by atoms with E-state index in [1.165, 1.54) is 0 Å². The lowest BCUT2D eigenvalue weighted by molar-refractivity contribution is -0.200. The maximum Gasteiger partial charge on any atom is 0.244 e. The van der Waals surface area contributed by atoms with E-state index in [2.05, 4.69) is 10.5 Å². The van der Waals surface area contributed by atoms with Gasteiger partial charge in [0.2, 0.25) is 5.91 Å². The van der Waals surface area contributed by atoms with E-state index >= 15 is 0 Å². The van der Waals surface area contributed by atoms with Gasteiger partial charge in [-0.2, -0.15) is 0 Å². The van der Waals surface area contributed by atoms with Gasteiger partial charge >= 0.3 is 0 Å². The quantitative estimate of drug-likeness (QED) is 0.806. The number of carbonyl (C=O) groups is 1. The van der Waals surface area contributed by atoms with Crippen LogP contribution in [0.15, 0.2) is 24.4 Å². The van der Waals surface area contributed by atoms with Gasteiger partial charge in [0.25, 0.3) is 0 Å². The normalized spacial score (nSPS) is 19.4. The molecule has 1 N–H and O–H groups in total. The Hall–Kier alpha value is -1.46. The Morgan fingerprint density at radius 3 is 3.17 bits per heavy atom. The number of carbonyl (C=O) groups excluding carboxylic acids is 1. The summed E-state index contributed by atoms with van der Waals surface area (Å²) in [7, 11) is 0. The van der Waals surface area contributed by atoms with Gasteiger partial charge in [-0.3, -0.25) is 9.78 Å². The summed E-state index contributed by atoms with van der Waals surface area (Å²) < 4.78 is 5.34. The lowest BCUT2D eigenvalue weighted by atomic mass is 10.2. The molecule has 0 radical (unpaired) electrons. The van der Waals surface area contributed by atoms with Gasteiger partial charge in [-0.25, -0.2) is 10.3 Å². The summed E-state index contributed by atoms with van der Waals surface area (Å²) >= 11 is 0. The van der Waals surface area contributed by atoms with Crippen LogP contribution >= 0.6 is 0 Å². The molecule has 2 heterocycles. The van der Waals surface area contributed by atoms with Crippen LogP contribution in [0.4, 0.5) is 0 Å². The second-order valence-electron chi connectivity index (χ2n) is 4.26. The highest BCUT2D eigenvalue weighted by Gasteiger charge is 2.15. The first-order chi connectivity index (χ1) is 8.84. The van der Waals surface area contributed by atoms with E-state index in [0.29, 0.717) is 19.4 Å². The van der Waals surface area contributed by atoms with Crippen LogP contribution in [0.1, 0.15) is 31.4 Å². The highest BCUT2D eigenvalue weighted by molar-refractivity contribution is 5.74. The molecule has 1 fully saturated rings. The zero-order valence-electron chi connectivity index (χ0n) is 10.3. The highest BCUT2D eigenvalue weighted by atomic mass is 16.8. The molecule has 98 valence electrons. The summed E-state index contributed by atoms with van der Waals surface area (Å²) in [6, 6.07) is 5.66. The summed E-state index contributed by atoms with van der Waals surface area (Å²) in [6.07, 6.45) is 5.38. The van der Waals surface area contributed by atoms with Crippen LogP contribution in [0.5, 0.6) is 0 Å². The number of nitrogens with zero attached hydrogens (tertiary/aromatic N) is 1. The predicted octanol–water partition coefficient (Wildman–Crippen LogP) is 1.59. The highest BCUT2D eigenvalue weighted by Crippen LogP contribution is 2.12. The third-order valence-corrected chi connectivity index (χ3v) is 2.78. The zero-order valence-corrected chi connectivity index (χ0v) is 10.3. The summed E-state index contributed by atoms with van der Waals surface area (Å²) in [5, 5.41) is 0. The summed E-state index contributed by atoms with van der Waals surface area (Å²) in [6.45, 7) is 0.703. The van der Waals surface area contributed by atoms with Crippen LogP contribution in [0.3, 0.4) is 0 Å². The molecule has 1 aromatic heterocycles. The molecule has 1 aromatic rings. The van der Waals surface area contributed by atoms with Gasteiger partial charge in [-0.05, 0) is 31.4 Å². The molecule has 5 heteroatoms. The van der Waals surface area contributed by atoms with Crippen LogP contribution in [0.25, 0.3) is 0 Å². The van der Waals surface area contributed by atoms with Crippen molar-refractivity contribution < 1.29 is 14.4 Å². The van der Waals surface area contributed by atoms with E-state index in [-0.39, 0.29) is 12.2 Å². The molecule has 1 atom stereocenters. The second kappa shape index (κ2) is 7.08. The van der Waals surface area contributed by atoms with Gasteiger partial charge in [-0.1, -0.05) is 6.07 Å². The predicted molar refractivity (Wildman–Crippen MR) is 65.4 cm³/mol. The van der Waals surface area contributed by atoms with E-state index in [1.807, 2.05) is 18.2 Å². The monoisotopic (exact) mass is 250 g/mol. The molecule has 2 rings (SSSR count). The van der Waals surface area contributed by atoms with Crippen molar-refractivity contribution in [2.45, 2.75) is 38.4 Å². The molecule has 0 bridgehead atoms. The maximum atomic E-state index is 11.5. The van der Waals surface area contributed by atoms with Gasteiger partial charge in [-0.15, -0.1) is 0 Å². The third-order valence-electron chi connectivity index (χ3n) is 2.78. The van der Waals surface area contributed by atoms with Gasteiger partial charge in [0.15, 0.2) is 6.29 Å². The number of aromatic nitrogens is 1. The van der Waals surface area contributed by atoms with Gasteiger partial charge in [0.1, 0.15) is 0 Å². The number of ether oxygens (including phenoxy) is 1. The van der Waals surface area contributed by atoms with E-state index in [9.17, 15) is 4.79 Å². The average molecular weight is 250 g/mol. The fourth-order valence-corrected chi connectivity index (χ4v) is 1.77. The minimum Gasteiger partial charge on any atom is -0.350 e. The molecule has 0 saturated carbocycles. The average Bonchev–Trinajstić information content (AvgIpc) is 2.45. The standard InChI is InChI=1S/C13H18N2O3/c16-12(8-7-11-5-1-3-9-14-11)15-18-13-6-2-4-10-17-13/h1,3,5,9,13H,2,4,6-8,10H2,(H,15,16). The minimum atomic E-state index is -0.294. The van der Waals surface area contributed by atoms with E-state index in [1.54, 1.807) is 6.20 Å². The summed E-state index contributed by atoms with van der Waals surface area (Å²) in [5.74, 6) is -0.144.